The average molecular weight is 428 g/mol. The first-order valence-electron chi connectivity index (χ1n) is 8.36. The van der Waals surface area contributed by atoms with E-state index in [9.17, 15) is 4.79 Å². The number of anilines is 1. The van der Waals surface area contributed by atoms with Gasteiger partial charge in [-0.2, -0.15) is 0 Å². The normalized spacial score (nSPS) is 11.1. The van der Waals surface area contributed by atoms with Gasteiger partial charge in [-0.1, -0.05) is 22.9 Å². The van der Waals surface area contributed by atoms with Crippen LogP contribution < -0.4 is 4.90 Å². The predicted molar refractivity (Wildman–Crippen MR) is 115 cm³/mol. The highest BCUT2D eigenvalue weighted by molar-refractivity contribution is 7.22. The Kier molecular flexibility index (Phi) is 6.92. The first-order valence-corrected chi connectivity index (χ1v) is 9.56. The van der Waals surface area contributed by atoms with E-state index in [1.54, 1.807) is 11.0 Å². The third-order valence-electron chi connectivity index (χ3n) is 4.16. The molecule has 2 heterocycles. The largest absolute Gasteiger partial charge is 0.466 e. The van der Waals surface area contributed by atoms with E-state index in [-0.39, 0.29) is 18.3 Å². The highest BCUT2D eigenvalue weighted by Crippen LogP contribution is 2.34. The summed E-state index contributed by atoms with van der Waals surface area (Å²) in [6.07, 6.45) is 0. The molecule has 2 aromatic heterocycles. The summed E-state index contributed by atoms with van der Waals surface area (Å²) >= 11 is 7.66. The minimum Gasteiger partial charge on any atom is -0.466 e. The van der Waals surface area contributed by atoms with Crippen molar-refractivity contribution < 1.29 is 9.21 Å². The molecule has 0 aliphatic heterocycles. The van der Waals surface area contributed by atoms with Crippen molar-refractivity contribution in [3.05, 3.63) is 45.9 Å². The number of likely N-dealkylation sites (N-methyl/N-ethyl adjacent to an activating group) is 1. The predicted octanol–water partition coefficient (Wildman–Crippen LogP) is 5.10. The van der Waals surface area contributed by atoms with Crippen LogP contribution in [0, 0.1) is 20.8 Å². The van der Waals surface area contributed by atoms with Gasteiger partial charge < -0.3 is 9.32 Å². The molecule has 0 aliphatic carbocycles. The molecule has 8 heteroatoms. The molecule has 0 bridgehead atoms. The Labute approximate surface area is 174 Å². The second kappa shape index (κ2) is 8.61. The van der Waals surface area contributed by atoms with Crippen LogP contribution in [-0.2, 0) is 0 Å². The number of rotatable bonds is 5. The lowest BCUT2D eigenvalue weighted by molar-refractivity contribution is 0.0983. The van der Waals surface area contributed by atoms with E-state index in [2.05, 4.69) is 0 Å². The fraction of sp³-hybridized carbons (Fsp3) is 0.368. The van der Waals surface area contributed by atoms with Crippen LogP contribution in [0.2, 0.25) is 5.02 Å². The summed E-state index contributed by atoms with van der Waals surface area (Å²) in [7, 11) is 3.97. The van der Waals surface area contributed by atoms with E-state index in [1.807, 2.05) is 51.9 Å². The van der Waals surface area contributed by atoms with Gasteiger partial charge in [0.15, 0.2) is 5.13 Å². The Bertz CT molecular complexity index is 965. The van der Waals surface area contributed by atoms with Crippen molar-refractivity contribution in [1.29, 1.82) is 0 Å². The lowest BCUT2D eigenvalue weighted by Gasteiger charge is -2.21. The van der Waals surface area contributed by atoms with Gasteiger partial charge in [0.05, 0.1) is 15.8 Å². The summed E-state index contributed by atoms with van der Waals surface area (Å²) in [4.78, 5) is 21.7. The van der Waals surface area contributed by atoms with E-state index in [4.69, 9.17) is 21.0 Å². The van der Waals surface area contributed by atoms with Gasteiger partial charge in [0, 0.05) is 18.1 Å². The maximum atomic E-state index is 13.2. The van der Waals surface area contributed by atoms with Crippen LogP contribution in [0.15, 0.2) is 22.6 Å². The van der Waals surface area contributed by atoms with Crippen LogP contribution in [0.3, 0.4) is 0 Å². The van der Waals surface area contributed by atoms with Crippen molar-refractivity contribution in [2.75, 3.05) is 32.1 Å². The summed E-state index contributed by atoms with van der Waals surface area (Å²) in [5.41, 5.74) is 2.47. The lowest BCUT2D eigenvalue weighted by atomic mass is 10.2. The van der Waals surface area contributed by atoms with Crippen LogP contribution in [0.25, 0.3) is 10.2 Å². The number of thiazole rings is 1. The van der Waals surface area contributed by atoms with Crippen LogP contribution in [0.1, 0.15) is 27.4 Å². The molecule has 5 nitrogen and oxygen atoms in total. The Morgan fingerprint density at radius 1 is 1.19 bits per heavy atom. The van der Waals surface area contributed by atoms with E-state index in [0.717, 1.165) is 28.1 Å². The molecule has 0 fully saturated rings. The molecule has 3 rings (SSSR count). The molecule has 146 valence electrons. The van der Waals surface area contributed by atoms with E-state index < -0.39 is 0 Å². The van der Waals surface area contributed by atoms with Crippen LogP contribution in [0.5, 0.6) is 0 Å². The zero-order chi connectivity index (χ0) is 19.0. The number of amides is 1. The number of aryl methyl sites for hydroxylation is 3. The summed E-state index contributed by atoms with van der Waals surface area (Å²) < 4.78 is 6.53. The molecule has 27 heavy (non-hydrogen) atoms. The molecule has 0 radical (unpaired) electrons. The molecule has 0 N–H and O–H groups in total. The molecule has 0 aliphatic rings. The zero-order valence-electron chi connectivity index (χ0n) is 16.0. The van der Waals surface area contributed by atoms with Gasteiger partial charge in [-0.25, -0.2) is 4.98 Å². The summed E-state index contributed by atoms with van der Waals surface area (Å²) in [5.74, 6) is 1.26. The Balaban J connectivity index is 0.00000261. The van der Waals surface area contributed by atoms with Gasteiger partial charge in [0.25, 0.3) is 5.91 Å². The number of carbonyl (C=O) groups excluding carboxylic acids is 1. The van der Waals surface area contributed by atoms with Crippen molar-refractivity contribution in [2.45, 2.75) is 20.8 Å². The number of carbonyl (C=O) groups is 1. The van der Waals surface area contributed by atoms with Crippen molar-refractivity contribution in [3.63, 3.8) is 0 Å². The third-order valence-corrected chi connectivity index (χ3v) is 5.40. The molecule has 1 aromatic carbocycles. The maximum Gasteiger partial charge on any atom is 0.263 e. The number of nitrogens with zero attached hydrogens (tertiary/aromatic N) is 3. The van der Waals surface area contributed by atoms with Gasteiger partial charge in [-0.3, -0.25) is 9.69 Å². The van der Waals surface area contributed by atoms with Gasteiger partial charge in [0.1, 0.15) is 11.5 Å². The monoisotopic (exact) mass is 427 g/mol. The van der Waals surface area contributed by atoms with Gasteiger partial charge in [-0.15, -0.1) is 12.4 Å². The minimum atomic E-state index is -0.0935. The number of fused-ring (bicyclic) bond motifs is 1. The molecule has 3 aromatic rings. The van der Waals surface area contributed by atoms with E-state index in [0.29, 0.717) is 28.0 Å². The summed E-state index contributed by atoms with van der Waals surface area (Å²) in [6, 6.07) is 5.58. The number of halogens is 2. The molecule has 0 spiro atoms. The first kappa shape index (κ1) is 21.7. The minimum absolute atomic E-state index is 0. The standard InChI is InChI=1S/C19H22ClN3O2S.ClH/c1-11-8-14(20)10-16-17(11)21-19(26-16)23(7-6-22(4)5)18(24)15-9-12(2)25-13(15)3;/h8-10H,6-7H2,1-5H3;1H. The smallest absolute Gasteiger partial charge is 0.263 e. The van der Waals surface area contributed by atoms with Gasteiger partial charge in [0.2, 0.25) is 0 Å². The zero-order valence-corrected chi connectivity index (χ0v) is 18.4. The Morgan fingerprint density at radius 3 is 2.48 bits per heavy atom. The number of aromatic nitrogens is 1. The van der Waals surface area contributed by atoms with Crippen LogP contribution in [-0.4, -0.2) is 43.0 Å². The fourth-order valence-electron chi connectivity index (χ4n) is 2.83. The molecule has 1 amide bonds. The summed E-state index contributed by atoms with van der Waals surface area (Å²) in [5, 5.41) is 1.35. The molecule has 0 saturated carbocycles. The highest BCUT2D eigenvalue weighted by atomic mass is 35.5. The molecule has 0 unspecified atom stereocenters. The van der Waals surface area contributed by atoms with Crippen LogP contribution >= 0.6 is 35.3 Å². The lowest BCUT2D eigenvalue weighted by Crippen LogP contribution is -2.36. The molecule has 0 atom stereocenters. The number of benzene rings is 1. The molecule has 0 saturated heterocycles. The second-order valence-corrected chi connectivity index (χ2v) is 8.10. The average Bonchev–Trinajstić information content (AvgIpc) is 3.10. The van der Waals surface area contributed by atoms with Gasteiger partial charge >= 0.3 is 0 Å². The Hall–Kier alpha value is -1.60. The maximum absolute atomic E-state index is 13.2. The van der Waals surface area contributed by atoms with Crippen LogP contribution in [0.4, 0.5) is 5.13 Å². The SMILES string of the molecule is Cc1cc(C(=O)N(CCN(C)C)c2nc3c(C)cc(Cl)cc3s2)c(C)o1.Cl. The van der Waals surface area contributed by atoms with Crippen molar-refractivity contribution >= 4 is 56.6 Å². The first-order chi connectivity index (χ1) is 12.3. The third kappa shape index (κ3) is 4.63. The number of hydrogen-bond donors (Lipinski definition) is 0. The Morgan fingerprint density at radius 2 is 1.89 bits per heavy atom. The quantitative estimate of drug-likeness (QED) is 0.568. The van der Waals surface area contributed by atoms with E-state index >= 15 is 0 Å². The number of hydrogen-bond acceptors (Lipinski definition) is 5. The number of furan rings is 1. The highest BCUT2D eigenvalue weighted by Gasteiger charge is 2.25. The summed E-state index contributed by atoms with van der Waals surface area (Å²) in [6.45, 7) is 6.91. The van der Waals surface area contributed by atoms with Crippen molar-refractivity contribution in [1.82, 2.24) is 9.88 Å². The second-order valence-electron chi connectivity index (χ2n) is 6.65. The van der Waals surface area contributed by atoms with Crippen molar-refractivity contribution in [2.24, 2.45) is 0 Å². The molecular formula is C19H23Cl2N3O2S. The fourth-order valence-corrected chi connectivity index (χ4v) is 4.28. The van der Waals surface area contributed by atoms with Crippen molar-refractivity contribution in [3.8, 4) is 0 Å². The van der Waals surface area contributed by atoms with Gasteiger partial charge in [-0.05, 0) is 58.6 Å². The molecular weight excluding hydrogens is 405 g/mol. The van der Waals surface area contributed by atoms with E-state index in [1.165, 1.54) is 11.3 Å². The topological polar surface area (TPSA) is 49.6 Å².